The smallest absolute Gasteiger partial charge is 0.123 e. The minimum atomic E-state index is -0.208. The second-order valence-corrected chi connectivity index (χ2v) is 5.25. The highest BCUT2D eigenvalue weighted by molar-refractivity contribution is 5.40. The van der Waals surface area contributed by atoms with Gasteiger partial charge >= 0.3 is 0 Å². The van der Waals surface area contributed by atoms with Crippen LogP contribution in [-0.2, 0) is 6.42 Å². The Balaban J connectivity index is 2.25. The lowest BCUT2D eigenvalue weighted by Crippen LogP contribution is -2.16. The van der Waals surface area contributed by atoms with Gasteiger partial charge in [-0.2, -0.15) is 0 Å². The van der Waals surface area contributed by atoms with Crippen LogP contribution < -0.4 is 5.73 Å². The average molecular weight is 257 g/mol. The van der Waals surface area contributed by atoms with Crippen LogP contribution in [0.2, 0.25) is 0 Å². The molecular formula is C17H20FN. The van der Waals surface area contributed by atoms with Gasteiger partial charge in [0.15, 0.2) is 0 Å². The molecule has 2 rings (SSSR count). The molecule has 0 aliphatic heterocycles. The van der Waals surface area contributed by atoms with Crippen molar-refractivity contribution in [3.05, 3.63) is 70.0 Å². The van der Waals surface area contributed by atoms with E-state index >= 15 is 0 Å². The van der Waals surface area contributed by atoms with E-state index in [9.17, 15) is 4.39 Å². The standard InChI is InChI=1S/C17H20FN/c1-11-8-12(2)17(13(3)9-11)16(19)10-14-4-6-15(18)7-5-14/h4-9,16H,10,19H2,1-3H3. The molecule has 1 atom stereocenters. The maximum atomic E-state index is 12.9. The summed E-state index contributed by atoms with van der Waals surface area (Å²) >= 11 is 0. The largest absolute Gasteiger partial charge is 0.324 e. The summed E-state index contributed by atoms with van der Waals surface area (Å²) in [6.45, 7) is 6.29. The molecule has 0 aromatic heterocycles. The molecule has 100 valence electrons. The van der Waals surface area contributed by atoms with E-state index in [4.69, 9.17) is 5.73 Å². The van der Waals surface area contributed by atoms with Crippen LogP contribution in [0.5, 0.6) is 0 Å². The lowest BCUT2D eigenvalue weighted by molar-refractivity contribution is 0.625. The average Bonchev–Trinajstić information content (AvgIpc) is 2.30. The van der Waals surface area contributed by atoms with Crippen LogP contribution in [0, 0.1) is 26.6 Å². The number of rotatable bonds is 3. The third kappa shape index (κ3) is 3.21. The Bertz CT molecular complexity index is 549. The highest BCUT2D eigenvalue weighted by Gasteiger charge is 2.13. The minimum absolute atomic E-state index is 0.0499. The molecule has 0 amide bonds. The zero-order chi connectivity index (χ0) is 14.0. The van der Waals surface area contributed by atoms with Crippen molar-refractivity contribution in [2.45, 2.75) is 33.2 Å². The van der Waals surface area contributed by atoms with Gasteiger partial charge in [-0.05, 0) is 61.6 Å². The minimum Gasteiger partial charge on any atom is -0.324 e. The molecule has 0 fully saturated rings. The Hall–Kier alpha value is -1.67. The van der Waals surface area contributed by atoms with Crippen molar-refractivity contribution in [1.29, 1.82) is 0 Å². The molecule has 0 aliphatic rings. The molecule has 0 radical (unpaired) electrons. The molecule has 19 heavy (non-hydrogen) atoms. The van der Waals surface area contributed by atoms with E-state index in [1.54, 1.807) is 12.1 Å². The Morgan fingerprint density at radius 2 is 1.53 bits per heavy atom. The molecule has 0 saturated carbocycles. The van der Waals surface area contributed by atoms with Crippen LogP contribution in [0.4, 0.5) is 4.39 Å². The van der Waals surface area contributed by atoms with Crippen molar-refractivity contribution in [2.24, 2.45) is 5.73 Å². The van der Waals surface area contributed by atoms with Gasteiger partial charge in [-0.25, -0.2) is 4.39 Å². The first-order valence-corrected chi connectivity index (χ1v) is 6.55. The normalized spacial score (nSPS) is 12.5. The third-order valence-electron chi connectivity index (χ3n) is 3.48. The number of hydrogen-bond acceptors (Lipinski definition) is 1. The van der Waals surface area contributed by atoms with E-state index in [-0.39, 0.29) is 11.9 Å². The van der Waals surface area contributed by atoms with E-state index in [1.807, 2.05) is 0 Å². The van der Waals surface area contributed by atoms with Gasteiger partial charge in [0.05, 0.1) is 0 Å². The summed E-state index contributed by atoms with van der Waals surface area (Å²) in [6, 6.07) is 10.8. The fourth-order valence-corrected chi connectivity index (χ4v) is 2.75. The first-order valence-electron chi connectivity index (χ1n) is 6.55. The Kier molecular flexibility index (Phi) is 4.01. The van der Waals surface area contributed by atoms with Gasteiger partial charge in [0.2, 0.25) is 0 Å². The second-order valence-electron chi connectivity index (χ2n) is 5.25. The fraction of sp³-hybridized carbons (Fsp3) is 0.294. The van der Waals surface area contributed by atoms with E-state index in [2.05, 4.69) is 32.9 Å². The van der Waals surface area contributed by atoms with Crippen molar-refractivity contribution < 1.29 is 4.39 Å². The molecule has 0 saturated heterocycles. The summed E-state index contributed by atoms with van der Waals surface area (Å²) < 4.78 is 12.9. The van der Waals surface area contributed by atoms with E-state index in [0.717, 1.165) is 12.0 Å². The number of aryl methyl sites for hydroxylation is 3. The molecule has 1 nitrogen and oxygen atoms in total. The summed E-state index contributed by atoms with van der Waals surface area (Å²) in [5.74, 6) is -0.208. The molecular weight excluding hydrogens is 237 g/mol. The number of nitrogens with two attached hydrogens (primary N) is 1. The maximum Gasteiger partial charge on any atom is 0.123 e. The highest BCUT2D eigenvalue weighted by atomic mass is 19.1. The van der Waals surface area contributed by atoms with Crippen LogP contribution in [0.3, 0.4) is 0 Å². The predicted molar refractivity (Wildman–Crippen MR) is 77.7 cm³/mol. The Morgan fingerprint density at radius 1 is 1.00 bits per heavy atom. The maximum absolute atomic E-state index is 12.9. The Labute approximate surface area is 114 Å². The predicted octanol–water partition coefficient (Wildman–Crippen LogP) is 3.99. The van der Waals surface area contributed by atoms with Crippen LogP contribution >= 0.6 is 0 Å². The lowest BCUT2D eigenvalue weighted by atomic mass is 9.91. The van der Waals surface area contributed by atoms with Crippen molar-refractivity contribution in [3.63, 3.8) is 0 Å². The number of halogens is 1. The zero-order valence-corrected chi connectivity index (χ0v) is 11.7. The van der Waals surface area contributed by atoms with Crippen LogP contribution in [-0.4, -0.2) is 0 Å². The van der Waals surface area contributed by atoms with Crippen molar-refractivity contribution in [2.75, 3.05) is 0 Å². The molecule has 0 aliphatic carbocycles. The molecule has 2 aromatic rings. The van der Waals surface area contributed by atoms with Crippen LogP contribution in [0.25, 0.3) is 0 Å². The van der Waals surface area contributed by atoms with Crippen molar-refractivity contribution >= 4 is 0 Å². The lowest BCUT2D eigenvalue weighted by Gasteiger charge is -2.18. The first-order chi connectivity index (χ1) is 8.97. The van der Waals surface area contributed by atoms with Gasteiger partial charge in [-0.3, -0.25) is 0 Å². The molecule has 1 unspecified atom stereocenters. The fourth-order valence-electron chi connectivity index (χ4n) is 2.75. The van der Waals surface area contributed by atoms with Gasteiger partial charge in [-0.15, -0.1) is 0 Å². The molecule has 2 aromatic carbocycles. The first kappa shape index (κ1) is 13.8. The van der Waals surface area contributed by atoms with Gasteiger partial charge in [0.1, 0.15) is 5.82 Å². The summed E-state index contributed by atoms with van der Waals surface area (Å²) in [5, 5.41) is 0. The van der Waals surface area contributed by atoms with Gasteiger partial charge in [-0.1, -0.05) is 29.8 Å². The molecule has 2 heteroatoms. The SMILES string of the molecule is Cc1cc(C)c(C(N)Cc2ccc(F)cc2)c(C)c1. The van der Waals surface area contributed by atoms with Crippen molar-refractivity contribution in [1.82, 2.24) is 0 Å². The quantitative estimate of drug-likeness (QED) is 0.884. The zero-order valence-electron chi connectivity index (χ0n) is 11.7. The second kappa shape index (κ2) is 5.54. The third-order valence-corrected chi connectivity index (χ3v) is 3.48. The van der Waals surface area contributed by atoms with Crippen LogP contribution in [0.1, 0.15) is 33.9 Å². The molecule has 0 heterocycles. The van der Waals surface area contributed by atoms with E-state index < -0.39 is 0 Å². The highest BCUT2D eigenvalue weighted by Crippen LogP contribution is 2.24. The Morgan fingerprint density at radius 3 is 2.05 bits per heavy atom. The molecule has 0 spiro atoms. The van der Waals surface area contributed by atoms with Crippen LogP contribution in [0.15, 0.2) is 36.4 Å². The summed E-state index contributed by atoms with van der Waals surface area (Å²) in [6.07, 6.45) is 0.727. The van der Waals surface area contributed by atoms with Gasteiger partial charge in [0, 0.05) is 6.04 Å². The summed E-state index contributed by atoms with van der Waals surface area (Å²) in [7, 11) is 0. The van der Waals surface area contributed by atoms with Gasteiger partial charge in [0.25, 0.3) is 0 Å². The summed E-state index contributed by atoms with van der Waals surface area (Å²) in [5.41, 5.74) is 12.3. The van der Waals surface area contributed by atoms with E-state index in [0.29, 0.717) is 0 Å². The monoisotopic (exact) mass is 257 g/mol. The van der Waals surface area contributed by atoms with E-state index in [1.165, 1.54) is 34.4 Å². The number of benzene rings is 2. The topological polar surface area (TPSA) is 26.0 Å². The van der Waals surface area contributed by atoms with Gasteiger partial charge < -0.3 is 5.73 Å². The molecule has 2 N–H and O–H groups in total. The number of hydrogen-bond donors (Lipinski definition) is 1. The summed E-state index contributed by atoms with van der Waals surface area (Å²) in [4.78, 5) is 0. The van der Waals surface area contributed by atoms with Crippen molar-refractivity contribution in [3.8, 4) is 0 Å². The molecule has 0 bridgehead atoms.